The largest absolute Gasteiger partial charge is 0.336 e. The summed E-state index contributed by atoms with van der Waals surface area (Å²) in [5, 5.41) is 2.17. The van der Waals surface area contributed by atoms with E-state index in [2.05, 4.69) is 5.32 Å². The van der Waals surface area contributed by atoms with Gasteiger partial charge in [0.25, 0.3) is 5.91 Å². The lowest BCUT2D eigenvalue weighted by molar-refractivity contribution is -0.676. The Hall–Kier alpha value is -1.68. The van der Waals surface area contributed by atoms with Crippen LogP contribution in [0.4, 0.5) is 5.69 Å². The van der Waals surface area contributed by atoms with E-state index < -0.39 is 0 Å². The van der Waals surface area contributed by atoms with E-state index in [-0.39, 0.29) is 17.9 Å². The van der Waals surface area contributed by atoms with Gasteiger partial charge in [-0.15, -0.1) is 0 Å². The van der Waals surface area contributed by atoms with Crippen LogP contribution >= 0.6 is 0 Å². The second-order valence-electron chi connectivity index (χ2n) is 10.4. The summed E-state index contributed by atoms with van der Waals surface area (Å²) in [4.78, 5) is 27.0. The van der Waals surface area contributed by atoms with Crippen LogP contribution in [0.1, 0.15) is 62.5 Å². The number of imide groups is 1. The number of quaternary nitrogens is 1. The Bertz CT molecular complexity index is 780. The molecule has 4 bridgehead atoms. The summed E-state index contributed by atoms with van der Waals surface area (Å²) in [5.41, 5.74) is 3.46. The van der Waals surface area contributed by atoms with E-state index in [4.69, 9.17) is 0 Å². The van der Waals surface area contributed by atoms with Crippen LogP contribution in [-0.4, -0.2) is 24.4 Å². The average molecular weight is 382 g/mol. The van der Waals surface area contributed by atoms with Crippen LogP contribution in [-0.2, 0) is 9.59 Å². The van der Waals surface area contributed by atoms with Crippen molar-refractivity contribution in [3.05, 3.63) is 29.3 Å². The first-order chi connectivity index (χ1) is 13.4. The number of nitrogens with two attached hydrogens (primary N) is 1. The van der Waals surface area contributed by atoms with Crippen LogP contribution in [0.15, 0.2) is 18.2 Å². The smallest absolute Gasteiger partial charge is 0.292 e. The first-order valence-electron chi connectivity index (χ1n) is 11.2. The van der Waals surface area contributed by atoms with Crippen LogP contribution in [0.3, 0.4) is 0 Å². The standard InChI is InChI=1S/C24H32N2O2/c1-15-3-4-21(16(2)7-15)26-22(27)11-20(23(26)28)25-6-5-24-12-17-8-18(13-24)10-19(9-17)14-24/h3-4,7,17-20,25H,5-6,8-14H2,1-2H3/p+1/t17?,18?,19?,20-,24?/m0/s1. The van der Waals surface area contributed by atoms with Gasteiger partial charge in [0.05, 0.1) is 18.7 Å². The van der Waals surface area contributed by atoms with Crippen LogP contribution in [0.2, 0.25) is 0 Å². The first-order valence-corrected chi connectivity index (χ1v) is 11.2. The van der Waals surface area contributed by atoms with Crippen molar-refractivity contribution in [2.24, 2.45) is 23.2 Å². The number of aryl methyl sites for hydroxylation is 2. The van der Waals surface area contributed by atoms with Crippen LogP contribution in [0.5, 0.6) is 0 Å². The molecule has 1 aromatic carbocycles. The minimum absolute atomic E-state index is 0.0255. The van der Waals surface area contributed by atoms with E-state index in [1.165, 1.54) is 49.8 Å². The summed E-state index contributed by atoms with van der Waals surface area (Å²) in [6.07, 6.45) is 10.2. The zero-order chi connectivity index (χ0) is 19.5. The SMILES string of the molecule is Cc1ccc(N2C(=O)C[C@H]([NH2+]CCC34CC5CC(CC(C5)C3)C4)C2=O)c(C)c1. The Balaban J connectivity index is 1.22. The minimum atomic E-state index is -0.234. The highest BCUT2D eigenvalue weighted by Crippen LogP contribution is 2.61. The van der Waals surface area contributed by atoms with Gasteiger partial charge in [-0.3, -0.25) is 9.59 Å². The number of rotatable bonds is 5. The number of hydrogen-bond acceptors (Lipinski definition) is 2. The highest BCUT2D eigenvalue weighted by atomic mass is 16.2. The Morgan fingerprint density at radius 3 is 2.29 bits per heavy atom. The molecule has 0 aromatic heterocycles. The highest BCUT2D eigenvalue weighted by molar-refractivity contribution is 6.22. The number of nitrogens with zero attached hydrogens (tertiary/aromatic N) is 1. The fourth-order valence-corrected chi connectivity index (χ4v) is 7.34. The molecule has 1 atom stereocenters. The summed E-state index contributed by atoms with van der Waals surface area (Å²) < 4.78 is 0. The minimum Gasteiger partial charge on any atom is -0.336 e. The summed E-state index contributed by atoms with van der Waals surface area (Å²) in [6, 6.07) is 5.70. The van der Waals surface area contributed by atoms with Crippen molar-refractivity contribution in [2.45, 2.75) is 71.3 Å². The lowest BCUT2D eigenvalue weighted by Crippen LogP contribution is -2.92. The molecule has 1 aromatic rings. The number of amides is 2. The Morgan fingerprint density at radius 2 is 1.68 bits per heavy atom. The quantitative estimate of drug-likeness (QED) is 0.797. The molecular formula is C24H33N2O2+. The number of carbonyl (C=O) groups is 2. The van der Waals surface area contributed by atoms with E-state index in [1.54, 1.807) is 0 Å². The third-order valence-corrected chi connectivity index (χ3v) is 8.07. The fraction of sp³-hybridized carbons (Fsp3) is 0.667. The normalized spacial score (nSPS) is 36.6. The lowest BCUT2D eigenvalue weighted by Gasteiger charge is -2.56. The zero-order valence-electron chi connectivity index (χ0n) is 17.2. The van der Waals surface area contributed by atoms with Crippen LogP contribution < -0.4 is 10.2 Å². The monoisotopic (exact) mass is 381 g/mol. The first kappa shape index (κ1) is 18.4. The molecule has 5 aliphatic rings. The topological polar surface area (TPSA) is 54.0 Å². The molecule has 28 heavy (non-hydrogen) atoms. The number of hydrogen-bond donors (Lipinski definition) is 1. The Morgan fingerprint density at radius 1 is 1.04 bits per heavy atom. The maximum absolute atomic E-state index is 13.0. The zero-order valence-corrected chi connectivity index (χ0v) is 17.2. The summed E-state index contributed by atoms with van der Waals surface area (Å²) in [6.45, 7) is 5.00. The van der Waals surface area contributed by atoms with Crippen molar-refractivity contribution in [3.8, 4) is 0 Å². The molecule has 5 fully saturated rings. The Labute approximate surface area is 168 Å². The van der Waals surface area contributed by atoms with E-state index in [0.717, 1.165) is 41.1 Å². The van der Waals surface area contributed by atoms with E-state index in [9.17, 15) is 9.59 Å². The van der Waals surface area contributed by atoms with Gasteiger partial charge < -0.3 is 5.32 Å². The molecule has 4 aliphatic carbocycles. The van der Waals surface area contributed by atoms with Gasteiger partial charge in [0.2, 0.25) is 5.91 Å². The third-order valence-electron chi connectivity index (χ3n) is 8.07. The highest BCUT2D eigenvalue weighted by Gasteiger charge is 2.51. The lowest BCUT2D eigenvalue weighted by atomic mass is 9.49. The molecule has 1 heterocycles. The van der Waals surface area contributed by atoms with E-state index in [1.807, 2.05) is 32.0 Å². The molecule has 4 saturated carbocycles. The molecule has 1 saturated heterocycles. The maximum Gasteiger partial charge on any atom is 0.292 e. The molecule has 2 N–H and O–H groups in total. The van der Waals surface area contributed by atoms with Crippen molar-refractivity contribution < 1.29 is 14.9 Å². The molecule has 150 valence electrons. The molecular weight excluding hydrogens is 348 g/mol. The average Bonchev–Trinajstić information content (AvgIpc) is 2.88. The maximum atomic E-state index is 13.0. The van der Waals surface area contributed by atoms with Gasteiger partial charge >= 0.3 is 0 Å². The summed E-state index contributed by atoms with van der Waals surface area (Å²) >= 11 is 0. The number of benzene rings is 1. The molecule has 6 rings (SSSR count). The molecule has 4 nitrogen and oxygen atoms in total. The molecule has 2 amide bonds. The van der Waals surface area contributed by atoms with Gasteiger partial charge in [-0.05, 0) is 87.2 Å². The molecule has 4 heteroatoms. The predicted octanol–water partition coefficient (Wildman–Crippen LogP) is 3.11. The third kappa shape index (κ3) is 3.10. The second-order valence-corrected chi connectivity index (χ2v) is 10.4. The Kier molecular flexibility index (Phi) is 4.38. The van der Waals surface area contributed by atoms with Crippen molar-refractivity contribution in [2.75, 3.05) is 11.4 Å². The van der Waals surface area contributed by atoms with E-state index in [0.29, 0.717) is 11.8 Å². The van der Waals surface area contributed by atoms with Crippen molar-refractivity contribution >= 4 is 17.5 Å². The predicted molar refractivity (Wildman–Crippen MR) is 109 cm³/mol. The van der Waals surface area contributed by atoms with Crippen LogP contribution in [0, 0.1) is 37.0 Å². The van der Waals surface area contributed by atoms with Crippen LogP contribution in [0.25, 0.3) is 0 Å². The van der Waals surface area contributed by atoms with Gasteiger partial charge in [0.1, 0.15) is 0 Å². The van der Waals surface area contributed by atoms with Gasteiger partial charge in [-0.2, -0.15) is 0 Å². The van der Waals surface area contributed by atoms with Crippen molar-refractivity contribution in [1.29, 1.82) is 0 Å². The molecule has 0 spiro atoms. The van der Waals surface area contributed by atoms with Gasteiger partial charge in [0, 0.05) is 6.42 Å². The summed E-state index contributed by atoms with van der Waals surface area (Å²) in [7, 11) is 0. The molecule has 1 aliphatic heterocycles. The van der Waals surface area contributed by atoms with Crippen molar-refractivity contribution in [3.63, 3.8) is 0 Å². The number of anilines is 1. The molecule has 0 unspecified atom stereocenters. The number of carbonyl (C=O) groups excluding carboxylic acids is 2. The second kappa shape index (κ2) is 6.69. The van der Waals surface area contributed by atoms with Gasteiger partial charge in [-0.25, -0.2) is 4.90 Å². The molecule has 0 radical (unpaired) electrons. The van der Waals surface area contributed by atoms with Gasteiger partial charge in [-0.1, -0.05) is 17.7 Å². The fourth-order valence-electron chi connectivity index (χ4n) is 7.34. The van der Waals surface area contributed by atoms with E-state index >= 15 is 0 Å². The summed E-state index contributed by atoms with van der Waals surface area (Å²) in [5.74, 6) is 2.85. The van der Waals surface area contributed by atoms with Gasteiger partial charge in [0.15, 0.2) is 6.04 Å². The van der Waals surface area contributed by atoms with Crippen molar-refractivity contribution in [1.82, 2.24) is 0 Å².